The topological polar surface area (TPSA) is 58.4 Å². The highest BCUT2D eigenvalue weighted by Crippen LogP contribution is 2.23. The van der Waals surface area contributed by atoms with E-state index in [0.29, 0.717) is 17.6 Å². The molecule has 0 heterocycles. The van der Waals surface area contributed by atoms with E-state index in [2.05, 4.69) is 19.2 Å². The lowest BCUT2D eigenvalue weighted by molar-refractivity contribution is -0.116. The second kappa shape index (κ2) is 7.36. The molecule has 0 bridgehead atoms. The number of hydrogen-bond acceptors (Lipinski definition) is 3. The van der Waals surface area contributed by atoms with Gasteiger partial charge >= 0.3 is 0 Å². The SMILES string of the molecule is CCN(CC(N)=O)c1ccc(CNC(C)C)c(Cl)c1. The van der Waals surface area contributed by atoms with Gasteiger partial charge in [0.1, 0.15) is 0 Å². The predicted molar refractivity (Wildman–Crippen MR) is 80.5 cm³/mol. The van der Waals surface area contributed by atoms with Gasteiger partial charge in [-0.1, -0.05) is 31.5 Å². The first-order valence-electron chi connectivity index (χ1n) is 6.49. The number of nitrogens with two attached hydrogens (primary N) is 1. The molecular formula is C14H22ClN3O. The van der Waals surface area contributed by atoms with E-state index in [4.69, 9.17) is 17.3 Å². The van der Waals surface area contributed by atoms with Crippen molar-refractivity contribution in [1.82, 2.24) is 5.32 Å². The van der Waals surface area contributed by atoms with Crippen LogP contribution in [-0.2, 0) is 11.3 Å². The fraction of sp³-hybridized carbons (Fsp3) is 0.500. The quantitative estimate of drug-likeness (QED) is 0.806. The lowest BCUT2D eigenvalue weighted by atomic mass is 10.1. The maximum Gasteiger partial charge on any atom is 0.236 e. The first kappa shape index (κ1) is 15.8. The standard InChI is InChI=1S/C14H22ClN3O/c1-4-18(9-14(16)19)12-6-5-11(13(15)7-12)8-17-10(2)3/h5-7,10,17H,4,8-9H2,1-3H3,(H2,16,19). The van der Waals surface area contributed by atoms with Crippen molar-refractivity contribution in [3.05, 3.63) is 28.8 Å². The number of benzene rings is 1. The van der Waals surface area contributed by atoms with Crippen LogP contribution in [0.3, 0.4) is 0 Å². The summed E-state index contributed by atoms with van der Waals surface area (Å²) in [5, 5.41) is 4.03. The Bertz CT molecular complexity index is 435. The van der Waals surface area contributed by atoms with Gasteiger partial charge in [0.05, 0.1) is 6.54 Å². The Morgan fingerprint density at radius 1 is 1.47 bits per heavy atom. The van der Waals surface area contributed by atoms with Crippen molar-refractivity contribution in [1.29, 1.82) is 0 Å². The van der Waals surface area contributed by atoms with Crippen LogP contribution in [0.1, 0.15) is 26.3 Å². The van der Waals surface area contributed by atoms with E-state index in [1.54, 1.807) is 0 Å². The second-order valence-electron chi connectivity index (χ2n) is 4.79. The lowest BCUT2D eigenvalue weighted by Gasteiger charge is -2.22. The van der Waals surface area contributed by atoms with Crippen molar-refractivity contribution < 1.29 is 4.79 Å². The van der Waals surface area contributed by atoms with Crippen LogP contribution < -0.4 is 16.0 Å². The van der Waals surface area contributed by atoms with Crippen LogP contribution >= 0.6 is 11.6 Å². The summed E-state index contributed by atoms with van der Waals surface area (Å²) < 4.78 is 0. The molecule has 0 aliphatic carbocycles. The highest BCUT2D eigenvalue weighted by Gasteiger charge is 2.10. The summed E-state index contributed by atoms with van der Waals surface area (Å²) in [4.78, 5) is 12.9. The molecule has 19 heavy (non-hydrogen) atoms. The number of nitrogens with zero attached hydrogens (tertiary/aromatic N) is 1. The van der Waals surface area contributed by atoms with Gasteiger partial charge in [0.15, 0.2) is 0 Å². The zero-order valence-electron chi connectivity index (χ0n) is 11.7. The number of primary amides is 1. The molecule has 0 saturated carbocycles. The summed E-state index contributed by atoms with van der Waals surface area (Å²) in [6, 6.07) is 6.25. The minimum absolute atomic E-state index is 0.205. The number of anilines is 1. The Morgan fingerprint density at radius 3 is 2.63 bits per heavy atom. The summed E-state index contributed by atoms with van der Waals surface area (Å²) >= 11 is 6.27. The normalized spacial score (nSPS) is 10.8. The molecule has 0 fully saturated rings. The van der Waals surface area contributed by atoms with Crippen LogP contribution in [0.2, 0.25) is 5.02 Å². The molecule has 0 aliphatic heterocycles. The summed E-state index contributed by atoms with van der Waals surface area (Å²) in [5.41, 5.74) is 7.20. The van der Waals surface area contributed by atoms with Crippen LogP contribution in [0.4, 0.5) is 5.69 Å². The van der Waals surface area contributed by atoms with Gasteiger partial charge in [-0.15, -0.1) is 0 Å². The van der Waals surface area contributed by atoms with E-state index in [-0.39, 0.29) is 12.5 Å². The van der Waals surface area contributed by atoms with Crippen molar-refractivity contribution in [2.45, 2.75) is 33.4 Å². The zero-order valence-corrected chi connectivity index (χ0v) is 12.5. The van der Waals surface area contributed by atoms with Gasteiger partial charge < -0.3 is 16.0 Å². The molecule has 0 aromatic heterocycles. The van der Waals surface area contributed by atoms with Crippen molar-refractivity contribution in [2.75, 3.05) is 18.0 Å². The average Bonchev–Trinajstić information content (AvgIpc) is 2.34. The molecule has 0 aliphatic rings. The minimum atomic E-state index is -0.344. The van der Waals surface area contributed by atoms with E-state index < -0.39 is 0 Å². The van der Waals surface area contributed by atoms with Crippen molar-refractivity contribution in [3.8, 4) is 0 Å². The van der Waals surface area contributed by atoms with Crippen molar-refractivity contribution >= 4 is 23.2 Å². The maximum atomic E-state index is 11.0. The third-order valence-electron chi connectivity index (χ3n) is 2.83. The molecular weight excluding hydrogens is 262 g/mol. The summed E-state index contributed by atoms with van der Waals surface area (Å²) in [6.07, 6.45) is 0. The van der Waals surface area contributed by atoms with Gasteiger partial charge in [-0.3, -0.25) is 4.79 Å². The molecule has 1 aromatic rings. The Hall–Kier alpha value is -1.26. The second-order valence-corrected chi connectivity index (χ2v) is 5.20. The molecule has 0 saturated heterocycles. The summed E-state index contributed by atoms with van der Waals surface area (Å²) in [5.74, 6) is -0.344. The Kier molecular flexibility index (Phi) is 6.12. The zero-order chi connectivity index (χ0) is 14.4. The lowest BCUT2D eigenvalue weighted by Crippen LogP contribution is -2.33. The molecule has 0 spiro atoms. The van der Waals surface area contributed by atoms with Gasteiger partial charge in [-0.25, -0.2) is 0 Å². The average molecular weight is 284 g/mol. The molecule has 1 aromatic carbocycles. The van der Waals surface area contributed by atoms with Crippen LogP contribution in [-0.4, -0.2) is 25.0 Å². The Morgan fingerprint density at radius 2 is 2.16 bits per heavy atom. The summed E-state index contributed by atoms with van der Waals surface area (Å²) in [7, 11) is 0. The van der Waals surface area contributed by atoms with Crippen molar-refractivity contribution in [2.24, 2.45) is 5.73 Å². The van der Waals surface area contributed by atoms with Crippen LogP contribution in [0.5, 0.6) is 0 Å². The van der Waals surface area contributed by atoms with E-state index in [1.807, 2.05) is 30.0 Å². The maximum absolute atomic E-state index is 11.0. The summed E-state index contributed by atoms with van der Waals surface area (Å²) in [6.45, 7) is 7.81. The molecule has 0 atom stereocenters. The first-order valence-corrected chi connectivity index (χ1v) is 6.86. The van der Waals surface area contributed by atoms with E-state index >= 15 is 0 Å². The number of rotatable bonds is 7. The Balaban J connectivity index is 2.82. The number of amides is 1. The predicted octanol–water partition coefficient (Wildman–Crippen LogP) is 2.15. The van der Waals surface area contributed by atoms with E-state index in [0.717, 1.165) is 17.8 Å². The third kappa shape index (κ3) is 5.09. The van der Waals surface area contributed by atoms with Gasteiger partial charge in [0.2, 0.25) is 5.91 Å². The fourth-order valence-corrected chi connectivity index (χ4v) is 2.01. The fourth-order valence-electron chi connectivity index (χ4n) is 1.76. The molecule has 0 radical (unpaired) electrons. The first-order chi connectivity index (χ1) is 8.93. The van der Waals surface area contributed by atoms with Gasteiger partial charge in [0.25, 0.3) is 0 Å². The van der Waals surface area contributed by atoms with Crippen molar-refractivity contribution in [3.63, 3.8) is 0 Å². The molecule has 1 rings (SSSR count). The number of nitrogens with one attached hydrogen (secondary N) is 1. The number of likely N-dealkylation sites (N-methyl/N-ethyl adjacent to an activating group) is 1. The molecule has 106 valence electrons. The monoisotopic (exact) mass is 283 g/mol. The Labute approximate surface area is 119 Å². The van der Waals surface area contributed by atoms with E-state index in [1.165, 1.54) is 0 Å². The largest absolute Gasteiger partial charge is 0.368 e. The van der Waals surface area contributed by atoms with Crippen LogP contribution in [0.15, 0.2) is 18.2 Å². The van der Waals surface area contributed by atoms with E-state index in [9.17, 15) is 4.79 Å². The molecule has 3 N–H and O–H groups in total. The van der Waals surface area contributed by atoms with Crippen LogP contribution in [0.25, 0.3) is 0 Å². The van der Waals surface area contributed by atoms with Crippen LogP contribution in [0, 0.1) is 0 Å². The highest BCUT2D eigenvalue weighted by molar-refractivity contribution is 6.31. The number of hydrogen-bond donors (Lipinski definition) is 2. The highest BCUT2D eigenvalue weighted by atomic mass is 35.5. The molecule has 1 amide bonds. The molecule has 0 unspecified atom stereocenters. The van der Waals surface area contributed by atoms with Gasteiger partial charge in [-0.05, 0) is 24.6 Å². The smallest absolute Gasteiger partial charge is 0.236 e. The van der Waals surface area contributed by atoms with Gasteiger partial charge in [0, 0.05) is 29.8 Å². The number of halogens is 1. The molecule has 5 heteroatoms. The third-order valence-corrected chi connectivity index (χ3v) is 3.18. The number of carbonyl (C=O) groups excluding carboxylic acids is 1. The molecule has 4 nitrogen and oxygen atoms in total. The minimum Gasteiger partial charge on any atom is -0.368 e. The van der Waals surface area contributed by atoms with Gasteiger partial charge in [-0.2, -0.15) is 0 Å². The number of carbonyl (C=O) groups is 1.